The summed E-state index contributed by atoms with van der Waals surface area (Å²) < 4.78 is 0. The van der Waals surface area contributed by atoms with Crippen molar-refractivity contribution in [3.05, 3.63) is 0 Å². The van der Waals surface area contributed by atoms with E-state index in [4.69, 9.17) is 10.2 Å². The highest BCUT2D eigenvalue weighted by atomic mass is 16.3. The molecule has 0 aliphatic heterocycles. The Morgan fingerprint density at radius 2 is 1.67 bits per heavy atom. The molecule has 0 saturated carbocycles. The lowest BCUT2D eigenvalue weighted by Crippen LogP contribution is -2.45. The third-order valence-corrected chi connectivity index (χ3v) is 2.03. The molecule has 0 rings (SSSR count). The SMILES string of the molecule is CC(C)(CO)C(O)C(=O)NCCCO.CC(C)=O. The number of carbonyl (C=O) groups is 2. The van der Waals surface area contributed by atoms with Crippen LogP contribution < -0.4 is 5.32 Å². The first kappa shape index (κ1) is 19.4. The Morgan fingerprint density at radius 3 is 2.00 bits per heavy atom. The van der Waals surface area contributed by atoms with Crippen molar-refractivity contribution in [1.82, 2.24) is 5.32 Å². The third-order valence-electron chi connectivity index (χ3n) is 2.03. The fraction of sp³-hybridized carbons (Fsp3) is 0.833. The van der Waals surface area contributed by atoms with Gasteiger partial charge in [0.1, 0.15) is 11.9 Å². The molecular weight excluding hydrogens is 238 g/mol. The average molecular weight is 263 g/mol. The monoisotopic (exact) mass is 263 g/mol. The van der Waals surface area contributed by atoms with Crippen LogP contribution in [0.4, 0.5) is 0 Å². The molecule has 6 nitrogen and oxygen atoms in total. The van der Waals surface area contributed by atoms with Gasteiger partial charge in [-0.05, 0) is 20.3 Å². The van der Waals surface area contributed by atoms with Crippen molar-refractivity contribution < 1.29 is 24.9 Å². The molecule has 0 aromatic rings. The molecule has 108 valence electrons. The van der Waals surface area contributed by atoms with E-state index in [1.54, 1.807) is 13.8 Å². The fourth-order valence-electron chi connectivity index (χ4n) is 0.829. The zero-order valence-corrected chi connectivity index (χ0v) is 11.6. The van der Waals surface area contributed by atoms with Crippen molar-refractivity contribution in [2.45, 2.75) is 40.2 Å². The lowest BCUT2D eigenvalue weighted by atomic mass is 9.87. The molecule has 1 amide bonds. The fourth-order valence-corrected chi connectivity index (χ4v) is 0.829. The van der Waals surface area contributed by atoms with Crippen LogP contribution >= 0.6 is 0 Å². The molecule has 0 aromatic heterocycles. The number of carbonyl (C=O) groups excluding carboxylic acids is 2. The molecule has 0 radical (unpaired) electrons. The Labute approximate surface area is 108 Å². The van der Waals surface area contributed by atoms with Crippen LogP contribution in [0.1, 0.15) is 34.1 Å². The van der Waals surface area contributed by atoms with Crippen LogP contribution in [0.25, 0.3) is 0 Å². The van der Waals surface area contributed by atoms with Gasteiger partial charge in [0, 0.05) is 18.6 Å². The minimum atomic E-state index is -1.23. The van der Waals surface area contributed by atoms with Crippen LogP contribution in [0.3, 0.4) is 0 Å². The van der Waals surface area contributed by atoms with Gasteiger partial charge in [-0.1, -0.05) is 13.8 Å². The summed E-state index contributed by atoms with van der Waals surface area (Å²) in [4.78, 5) is 20.7. The molecule has 6 heteroatoms. The van der Waals surface area contributed by atoms with Gasteiger partial charge in [0.15, 0.2) is 0 Å². The topological polar surface area (TPSA) is 107 Å². The van der Waals surface area contributed by atoms with Gasteiger partial charge < -0.3 is 25.4 Å². The number of amides is 1. The van der Waals surface area contributed by atoms with E-state index in [0.717, 1.165) is 0 Å². The molecule has 0 saturated heterocycles. The lowest BCUT2D eigenvalue weighted by Gasteiger charge is -2.27. The van der Waals surface area contributed by atoms with Gasteiger partial charge in [-0.15, -0.1) is 0 Å². The van der Waals surface area contributed by atoms with Crippen molar-refractivity contribution in [2.75, 3.05) is 19.8 Å². The van der Waals surface area contributed by atoms with Crippen LogP contribution in [-0.2, 0) is 9.59 Å². The van der Waals surface area contributed by atoms with Gasteiger partial charge in [-0.2, -0.15) is 0 Å². The maximum absolute atomic E-state index is 11.3. The molecule has 0 bridgehead atoms. The van der Waals surface area contributed by atoms with E-state index in [0.29, 0.717) is 13.0 Å². The first-order valence-corrected chi connectivity index (χ1v) is 5.83. The number of rotatable bonds is 6. The number of hydrogen-bond donors (Lipinski definition) is 4. The third kappa shape index (κ3) is 10.2. The van der Waals surface area contributed by atoms with Gasteiger partial charge >= 0.3 is 0 Å². The summed E-state index contributed by atoms with van der Waals surface area (Å²) in [5, 5.41) is 29.3. The Balaban J connectivity index is 0. The Hall–Kier alpha value is -0.980. The summed E-state index contributed by atoms with van der Waals surface area (Å²) in [6, 6.07) is 0. The summed E-state index contributed by atoms with van der Waals surface area (Å²) in [5.41, 5.74) is -0.844. The largest absolute Gasteiger partial charge is 0.396 e. The smallest absolute Gasteiger partial charge is 0.249 e. The standard InChI is InChI=1S/C9H19NO4.C3H6O/c1-9(2,6-12)7(13)8(14)10-4-3-5-11;1-3(2)4/h7,11-13H,3-6H2,1-2H3,(H,10,14);1-2H3. The van der Waals surface area contributed by atoms with E-state index in [-0.39, 0.29) is 19.0 Å². The Morgan fingerprint density at radius 1 is 1.22 bits per heavy atom. The molecule has 1 unspecified atom stereocenters. The number of aliphatic hydroxyl groups is 3. The van der Waals surface area contributed by atoms with Crippen molar-refractivity contribution in [3.63, 3.8) is 0 Å². The van der Waals surface area contributed by atoms with E-state index in [1.165, 1.54) is 13.8 Å². The normalized spacial score (nSPS) is 12.2. The number of Topliss-reactive ketones (excluding diaryl/α,β-unsaturated/α-hetero) is 1. The molecule has 0 heterocycles. The molecule has 0 spiro atoms. The highest BCUT2D eigenvalue weighted by molar-refractivity contribution is 5.81. The highest BCUT2D eigenvalue weighted by Crippen LogP contribution is 2.19. The number of aliphatic hydroxyl groups excluding tert-OH is 3. The van der Waals surface area contributed by atoms with Crippen LogP contribution in [0.2, 0.25) is 0 Å². The van der Waals surface area contributed by atoms with Crippen LogP contribution in [0.5, 0.6) is 0 Å². The first-order chi connectivity index (χ1) is 8.18. The van der Waals surface area contributed by atoms with Crippen LogP contribution in [0.15, 0.2) is 0 Å². The van der Waals surface area contributed by atoms with Gasteiger partial charge in [-0.3, -0.25) is 4.79 Å². The first-order valence-electron chi connectivity index (χ1n) is 5.83. The molecule has 4 N–H and O–H groups in total. The minimum absolute atomic E-state index is 0.000230. The molecule has 0 aliphatic carbocycles. The second kappa shape index (κ2) is 9.99. The summed E-state index contributed by atoms with van der Waals surface area (Å²) in [6.45, 7) is 6.32. The van der Waals surface area contributed by atoms with Crippen molar-refractivity contribution in [2.24, 2.45) is 5.41 Å². The Bertz CT molecular complexity index is 249. The lowest BCUT2D eigenvalue weighted by molar-refractivity contribution is -0.137. The average Bonchev–Trinajstić information content (AvgIpc) is 2.27. The predicted octanol–water partition coefficient (Wildman–Crippen LogP) is -0.540. The summed E-state index contributed by atoms with van der Waals surface area (Å²) >= 11 is 0. The molecule has 0 aromatic carbocycles. The second-order valence-electron chi connectivity index (χ2n) is 4.83. The van der Waals surface area contributed by atoms with Crippen molar-refractivity contribution >= 4 is 11.7 Å². The van der Waals surface area contributed by atoms with Gasteiger partial charge in [0.05, 0.1) is 6.61 Å². The minimum Gasteiger partial charge on any atom is -0.396 e. The zero-order chi connectivity index (χ0) is 14.8. The quantitative estimate of drug-likeness (QED) is 0.481. The van der Waals surface area contributed by atoms with Crippen LogP contribution in [0, 0.1) is 5.41 Å². The van der Waals surface area contributed by atoms with E-state index < -0.39 is 17.4 Å². The zero-order valence-electron chi connectivity index (χ0n) is 11.6. The molecule has 0 fully saturated rings. The molecule has 18 heavy (non-hydrogen) atoms. The van der Waals surface area contributed by atoms with Crippen LogP contribution in [-0.4, -0.2) is 52.9 Å². The second-order valence-corrected chi connectivity index (χ2v) is 4.83. The predicted molar refractivity (Wildman–Crippen MR) is 67.9 cm³/mol. The number of hydrogen-bond acceptors (Lipinski definition) is 5. The molecular formula is C12H25NO5. The summed E-state index contributed by atoms with van der Waals surface area (Å²) in [5.74, 6) is -0.350. The van der Waals surface area contributed by atoms with Crippen molar-refractivity contribution in [3.8, 4) is 0 Å². The van der Waals surface area contributed by atoms with Gasteiger partial charge in [0.25, 0.3) is 0 Å². The van der Waals surface area contributed by atoms with Gasteiger partial charge in [0.2, 0.25) is 5.91 Å². The molecule has 0 aliphatic rings. The van der Waals surface area contributed by atoms with E-state index in [2.05, 4.69) is 5.32 Å². The maximum atomic E-state index is 11.3. The van der Waals surface area contributed by atoms with E-state index in [1.807, 2.05) is 0 Å². The summed E-state index contributed by atoms with van der Waals surface area (Å²) in [6.07, 6.45) is -0.774. The van der Waals surface area contributed by atoms with Crippen molar-refractivity contribution in [1.29, 1.82) is 0 Å². The number of ketones is 1. The Kier molecular flexibility index (Phi) is 10.7. The number of nitrogens with one attached hydrogen (secondary N) is 1. The van der Waals surface area contributed by atoms with E-state index >= 15 is 0 Å². The highest BCUT2D eigenvalue weighted by Gasteiger charge is 2.32. The maximum Gasteiger partial charge on any atom is 0.249 e. The van der Waals surface area contributed by atoms with Gasteiger partial charge in [-0.25, -0.2) is 0 Å². The summed E-state index contributed by atoms with van der Waals surface area (Å²) in [7, 11) is 0. The van der Waals surface area contributed by atoms with E-state index in [9.17, 15) is 14.7 Å². The molecule has 1 atom stereocenters.